The van der Waals surface area contributed by atoms with Crippen molar-refractivity contribution in [1.82, 2.24) is 9.55 Å². The molecule has 1 heterocycles. The number of anilines is 1. The summed E-state index contributed by atoms with van der Waals surface area (Å²) in [4.78, 5) is 15.4. The van der Waals surface area contributed by atoms with Crippen LogP contribution < -0.4 is 5.32 Å². The molecule has 0 aliphatic rings. The Hall–Kier alpha value is -2.82. The number of benzene rings is 2. The van der Waals surface area contributed by atoms with Crippen molar-refractivity contribution in [1.29, 1.82) is 0 Å². The highest BCUT2D eigenvalue weighted by Crippen LogP contribution is 2.26. The molecule has 5 heteroatoms. The van der Waals surface area contributed by atoms with Gasteiger partial charge in [0.25, 0.3) is 0 Å². The van der Waals surface area contributed by atoms with Crippen molar-refractivity contribution in [2.45, 2.75) is 13.3 Å². The van der Waals surface area contributed by atoms with Crippen LogP contribution in [0.15, 0.2) is 42.5 Å². The number of amides is 1. The smallest absolute Gasteiger partial charge is 0.409 e. The summed E-state index contributed by atoms with van der Waals surface area (Å²) in [6.07, 6.45) is -0.0653. The van der Waals surface area contributed by atoms with Crippen LogP contribution in [0.5, 0.6) is 0 Å². The zero-order chi connectivity index (χ0) is 15.7. The molecule has 0 atom stereocenters. The lowest BCUT2D eigenvalue weighted by molar-refractivity contribution is 0.210. The predicted octanol–water partition coefficient (Wildman–Crippen LogP) is 3.89. The van der Waals surface area contributed by atoms with Crippen molar-refractivity contribution in [3.8, 4) is 11.4 Å². The molecule has 0 spiro atoms. The van der Waals surface area contributed by atoms with E-state index in [-0.39, 0.29) is 0 Å². The van der Waals surface area contributed by atoms with E-state index in [1.807, 2.05) is 17.7 Å². The Bertz CT molecular complexity index is 835. The topological polar surface area (TPSA) is 67.2 Å². The second-order valence-electron chi connectivity index (χ2n) is 5.18. The summed E-state index contributed by atoms with van der Waals surface area (Å²) >= 11 is 0. The van der Waals surface area contributed by atoms with Crippen LogP contribution in [0.2, 0.25) is 0 Å². The third kappa shape index (κ3) is 2.53. The van der Waals surface area contributed by atoms with Crippen LogP contribution in [-0.2, 0) is 13.5 Å². The predicted molar refractivity (Wildman–Crippen MR) is 87.2 cm³/mol. The monoisotopic (exact) mass is 295 g/mol. The van der Waals surface area contributed by atoms with Crippen molar-refractivity contribution in [3.05, 3.63) is 48.0 Å². The fraction of sp³-hybridized carbons (Fsp3) is 0.176. The third-order valence-electron chi connectivity index (χ3n) is 3.75. The summed E-state index contributed by atoms with van der Waals surface area (Å²) in [6, 6.07) is 13.7. The van der Waals surface area contributed by atoms with Crippen LogP contribution in [0.3, 0.4) is 0 Å². The lowest BCUT2D eigenvalue weighted by Gasteiger charge is -2.04. The van der Waals surface area contributed by atoms with E-state index in [2.05, 4.69) is 41.5 Å². The van der Waals surface area contributed by atoms with Crippen LogP contribution in [0.4, 0.5) is 10.5 Å². The molecule has 0 saturated heterocycles. The number of nitrogens with one attached hydrogen (secondary N) is 1. The van der Waals surface area contributed by atoms with E-state index in [4.69, 9.17) is 5.11 Å². The zero-order valence-electron chi connectivity index (χ0n) is 12.5. The molecule has 22 heavy (non-hydrogen) atoms. The Kier molecular flexibility index (Phi) is 3.55. The van der Waals surface area contributed by atoms with Gasteiger partial charge in [-0.25, -0.2) is 9.78 Å². The first kappa shape index (κ1) is 14.1. The summed E-state index contributed by atoms with van der Waals surface area (Å²) in [5.74, 6) is 0.866. The normalized spacial score (nSPS) is 10.8. The van der Waals surface area contributed by atoms with Gasteiger partial charge in [0, 0.05) is 18.3 Å². The highest BCUT2D eigenvalue weighted by atomic mass is 16.4. The van der Waals surface area contributed by atoms with Gasteiger partial charge in [-0.05, 0) is 30.2 Å². The molecule has 3 aromatic rings. The molecule has 0 radical (unpaired) electrons. The summed E-state index contributed by atoms with van der Waals surface area (Å²) in [5.41, 5.74) is 4.60. The minimum Gasteiger partial charge on any atom is -0.465 e. The first-order chi connectivity index (χ1) is 10.6. The van der Waals surface area contributed by atoms with Gasteiger partial charge in [0.1, 0.15) is 5.82 Å². The molecule has 0 bridgehead atoms. The van der Waals surface area contributed by atoms with Crippen LogP contribution in [0.1, 0.15) is 12.5 Å². The largest absolute Gasteiger partial charge is 0.465 e. The van der Waals surface area contributed by atoms with E-state index in [0.717, 1.165) is 28.8 Å². The van der Waals surface area contributed by atoms with Crippen molar-refractivity contribution < 1.29 is 9.90 Å². The van der Waals surface area contributed by atoms with Crippen LogP contribution in [0, 0.1) is 0 Å². The molecule has 5 nitrogen and oxygen atoms in total. The van der Waals surface area contributed by atoms with Gasteiger partial charge in [-0.3, -0.25) is 5.32 Å². The number of carboxylic acid groups (broad SMARTS) is 1. The van der Waals surface area contributed by atoms with Crippen molar-refractivity contribution in [2.24, 2.45) is 7.05 Å². The first-order valence-corrected chi connectivity index (χ1v) is 7.14. The minimum atomic E-state index is -1.07. The maximum atomic E-state index is 10.7. The van der Waals surface area contributed by atoms with Crippen LogP contribution in [0.25, 0.3) is 22.4 Å². The maximum absolute atomic E-state index is 10.7. The Morgan fingerprint density at radius 3 is 2.59 bits per heavy atom. The molecule has 0 aliphatic heterocycles. The van der Waals surface area contributed by atoms with Gasteiger partial charge in [0.05, 0.1) is 11.0 Å². The first-order valence-electron chi connectivity index (χ1n) is 7.14. The maximum Gasteiger partial charge on any atom is 0.409 e. The summed E-state index contributed by atoms with van der Waals surface area (Å²) in [7, 11) is 1.93. The molecule has 112 valence electrons. The Balaban J connectivity index is 2.06. The average Bonchev–Trinajstić information content (AvgIpc) is 2.84. The number of carbonyl (C=O) groups is 1. The molecule has 0 saturated carbocycles. The van der Waals surface area contributed by atoms with Crippen molar-refractivity contribution in [2.75, 3.05) is 5.32 Å². The highest BCUT2D eigenvalue weighted by Gasteiger charge is 2.11. The number of hydrogen-bond acceptors (Lipinski definition) is 2. The Morgan fingerprint density at radius 2 is 1.95 bits per heavy atom. The molecular weight excluding hydrogens is 278 g/mol. The molecule has 1 aromatic heterocycles. The van der Waals surface area contributed by atoms with E-state index in [0.29, 0.717) is 5.69 Å². The number of rotatable bonds is 3. The molecule has 2 aromatic carbocycles. The molecule has 0 aliphatic carbocycles. The number of imidazole rings is 1. The van der Waals surface area contributed by atoms with Gasteiger partial charge >= 0.3 is 6.09 Å². The lowest BCUT2D eigenvalue weighted by Crippen LogP contribution is -2.06. The summed E-state index contributed by atoms with van der Waals surface area (Å²) in [6.45, 7) is 2.13. The lowest BCUT2D eigenvalue weighted by atomic mass is 10.1. The van der Waals surface area contributed by atoms with E-state index in [1.54, 1.807) is 12.1 Å². The molecule has 3 rings (SSSR count). The van der Waals surface area contributed by atoms with E-state index in [9.17, 15) is 4.79 Å². The number of aromatic nitrogens is 2. The number of aryl methyl sites for hydroxylation is 2. The van der Waals surface area contributed by atoms with E-state index < -0.39 is 6.09 Å². The second kappa shape index (κ2) is 5.52. The van der Waals surface area contributed by atoms with Gasteiger partial charge in [0.2, 0.25) is 0 Å². The Labute approximate surface area is 128 Å². The van der Waals surface area contributed by atoms with E-state index in [1.165, 1.54) is 5.56 Å². The van der Waals surface area contributed by atoms with Gasteiger partial charge < -0.3 is 9.67 Å². The molecule has 2 N–H and O–H groups in total. The van der Waals surface area contributed by atoms with Crippen molar-refractivity contribution in [3.63, 3.8) is 0 Å². The zero-order valence-corrected chi connectivity index (χ0v) is 12.5. The fourth-order valence-electron chi connectivity index (χ4n) is 2.54. The quantitative estimate of drug-likeness (QED) is 0.770. The SMILES string of the molecule is CCc1ccc(-c2nc3ccc(NC(=O)O)cc3n2C)cc1. The molecule has 0 fully saturated rings. The molecular formula is C17H17N3O2. The highest BCUT2D eigenvalue weighted by molar-refractivity contribution is 5.89. The molecule has 1 amide bonds. The molecule has 0 unspecified atom stereocenters. The number of fused-ring (bicyclic) bond motifs is 1. The number of nitrogens with zero attached hydrogens (tertiary/aromatic N) is 2. The minimum absolute atomic E-state index is 0.538. The average molecular weight is 295 g/mol. The second-order valence-corrected chi connectivity index (χ2v) is 5.18. The van der Waals surface area contributed by atoms with Gasteiger partial charge in [-0.1, -0.05) is 31.2 Å². The third-order valence-corrected chi connectivity index (χ3v) is 3.75. The summed E-state index contributed by atoms with van der Waals surface area (Å²) < 4.78 is 1.98. The van der Waals surface area contributed by atoms with Crippen LogP contribution >= 0.6 is 0 Å². The van der Waals surface area contributed by atoms with Crippen molar-refractivity contribution >= 4 is 22.8 Å². The standard InChI is InChI=1S/C17H17N3O2/c1-3-11-4-6-12(7-5-11)16-19-14-9-8-13(18-17(21)22)10-15(14)20(16)2/h4-10,18H,3H2,1-2H3,(H,21,22). The number of hydrogen-bond donors (Lipinski definition) is 2. The van der Waals surface area contributed by atoms with Gasteiger partial charge in [-0.15, -0.1) is 0 Å². The van der Waals surface area contributed by atoms with E-state index >= 15 is 0 Å². The Morgan fingerprint density at radius 1 is 1.23 bits per heavy atom. The van der Waals surface area contributed by atoms with Gasteiger partial charge in [-0.2, -0.15) is 0 Å². The van der Waals surface area contributed by atoms with Gasteiger partial charge in [0.15, 0.2) is 0 Å². The summed E-state index contributed by atoms with van der Waals surface area (Å²) in [5, 5.41) is 11.2. The fourth-order valence-corrected chi connectivity index (χ4v) is 2.54. The van der Waals surface area contributed by atoms with Crippen LogP contribution in [-0.4, -0.2) is 20.8 Å².